The van der Waals surface area contributed by atoms with E-state index in [4.69, 9.17) is 16.3 Å². The molecule has 0 N–H and O–H groups in total. The van der Waals surface area contributed by atoms with Crippen molar-refractivity contribution >= 4 is 27.5 Å². The molecule has 0 saturated carbocycles. The van der Waals surface area contributed by atoms with E-state index in [1.54, 1.807) is 12.1 Å². The third-order valence-corrected chi connectivity index (χ3v) is 2.46. The van der Waals surface area contributed by atoms with Crippen molar-refractivity contribution < 1.29 is 9.13 Å². The zero-order valence-corrected chi connectivity index (χ0v) is 10.2. The van der Waals surface area contributed by atoms with Gasteiger partial charge in [0.25, 0.3) is 0 Å². The van der Waals surface area contributed by atoms with Crippen LogP contribution in [0.25, 0.3) is 0 Å². The number of hydrogen-bond acceptors (Lipinski definition) is 3. The van der Waals surface area contributed by atoms with Crippen molar-refractivity contribution in [1.29, 1.82) is 0 Å². The van der Waals surface area contributed by atoms with Crippen LogP contribution in [0.5, 0.6) is 11.6 Å². The molecule has 0 aliphatic heterocycles. The van der Waals surface area contributed by atoms with E-state index in [0.717, 1.165) is 0 Å². The Morgan fingerprint density at radius 2 is 2.06 bits per heavy atom. The van der Waals surface area contributed by atoms with Crippen molar-refractivity contribution in [2.24, 2.45) is 0 Å². The standard InChI is InChI=1S/C10H5BrClFN2O/c11-9-4-10(15-5-14-9)16-6-1-2-7(12)8(13)3-6/h1-5H. The molecule has 2 rings (SSSR count). The first-order valence-electron chi connectivity index (χ1n) is 4.25. The summed E-state index contributed by atoms with van der Waals surface area (Å²) in [6.45, 7) is 0. The first kappa shape index (κ1) is 11.3. The van der Waals surface area contributed by atoms with Gasteiger partial charge < -0.3 is 4.74 Å². The van der Waals surface area contributed by atoms with Gasteiger partial charge in [-0.25, -0.2) is 14.4 Å². The Balaban J connectivity index is 2.24. The molecule has 0 fully saturated rings. The summed E-state index contributed by atoms with van der Waals surface area (Å²) in [7, 11) is 0. The average Bonchev–Trinajstić information content (AvgIpc) is 2.24. The molecule has 0 radical (unpaired) electrons. The number of rotatable bonds is 2. The van der Waals surface area contributed by atoms with Crippen LogP contribution in [0.15, 0.2) is 35.2 Å². The summed E-state index contributed by atoms with van der Waals surface area (Å²) >= 11 is 8.72. The molecule has 0 spiro atoms. The molecule has 6 heteroatoms. The van der Waals surface area contributed by atoms with E-state index in [1.807, 2.05) is 0 Å². The fourth-order valence-electron chi connectivity index (χ4n) is 1.03. The average molecular weight is 304 g/mol. The maximum Gasteiger partial charge on any atom is 0.223 e. The van der Waals surface area contributed by atoms with Crippen LogP contribution in [0.3, 0.4) is 0 Å². The quantitative estimate of drug-likeness (QED) is 0.791. The van der Waals surface area contributed by atoms with Crippen LogP contribution in [0.4, 0.5) is 4.39 Å². The van der Waals surface area contributed by atoms with E-state index in [1.165, 1.54) is 18.5 Å². The summed E-state index contributed by atoms with van der Waals surface area (Å²) in [6.07, 6.45) is 1.34. The molecule has 3 nitrogen and oxygen atoms in total. The molecule has 82 valence electrons. The molecule has 1 heterocycles. The number of halogens is 3. The third kappa shape index (κ3) is 2.68. The minimum absolute atomic E-state index is 0.0521. The van der Waals surface area contributed by atoms with Gasteiger partial charge in [0.15, 0.2) is 0 Å². The van der Waals surface area contributed by atoms with Crippen LogP contribution in [0.2, 0.25) is 5.02 Å². The lowest BCUT2D eigenvalue weighted by atomic mass is 10.3. The van der Waals surface area contributed by atoms with Gasteiger partial charge in [-0.15, -0.1) is 0 Å². The zero-order chi connectivity index (χ0) is 11.5. The first-order chi connectivity index (χ1) is 7.65. The van der Waals surface area contributed by atoms with Gasteiger partial charge in [0.2, 0.25) is 5.88 Å². The molecule has 16 heavy (non-hydrogen) atoms. The molecule has 0 bridgehead atoms. The Kier molecular flexibility index (Phi) is 3.36. The minimum atomic E-state index is -0.535. The summed E-state index contributed by atoms with van der Waals surface area (Å²) in [5.74, 6) is 0.114. The smallest absolute Gasteiger partial charge is 0.223 e. The van der Waals surface area contributed by atoms with Crippen LogP contribution in [-0.2, 0) is 0 Å². The molecular formula is C10H5BrClFN2O. The molecule has 0 unspecified atom stereocenters. The highest BCUT2D eigenvalue weighted by molar-refractivity contribution is 9.10. The zero-order valence-electron chi connectivity index (χ0n) is 7.82. The van der Waals surface area contributed by atoms with Crippen LogP contribution < -0.4 is 4.74 Å². The van der Waals surface area contributed by atoms with Crippen LogP contribution in [0, 0.1) is 5.82 Å². The molecule has 1 aromatic carbocycles. The first-order valence-corrected chi connectivity index (χ1v) is 5.43. The second kappa shape index (κ2) is 4.76. The van der Waals surface area contributed by atoms with Gasteiger partial charge in [-0.05, 0) is 28.1 Å². The van der Waals surface area contributed by atoms with Crippen LogP contribution >= 0.6 is 27.5 Å². The van der Waals surface area contributed by atoms with E-state index < -0.39 is 5.82 Å². The predicted molar refractivity (Wildman–Crippen MR) is 61.2 cm³/mol. The fraction of sp³-hybridized carbons (Fsp3) is 0. The maximum atomic E-state index is 13.1. The molecule has 2 aromatic rings. The van der Waals surface area contributed by atoms with Gasteiger partial charge in [-0.2, -0.15) is 0 Å². The fourth-order valence-corrected chi connectivity index (χ4v) is 1.44. The lowest BCUT2D eigenvalue weighted by Crippen LogP contribution is -1.89. The highest BCUT2D eigenvalue weighted by atomic mass is 79.9. The van der Waals surface area contributed by atoms with E-state index >= 15 is 0 Å². The summed E-state index contributed by atoms with van der Waals surface area (Å²) < 4.78 is 19.0. The maximum absolute atomic E-state index is 13.1. The number of benzene rings is 1. The Bertz CT molecular complexity index is 524. The molecular weight excluding hydrogens is 298 g/mol. The van der Waals surface area contributed by atoms with Crippen molar-refractivity contribution in [2.45, 2.75) is 0 Å². The number of ether oxygens (including phenoxy) is 1. The van der Waals surface area contributed by atoms with Crippen molar-refractivity contribution in [3.63, 3.8) is 0 Å². The summed E-state index contributed by atoms with van der Waals surface area (Å²) in [5, 5.41) is 0.0521. The van der Waals surface area contributed by atoms with E-state index in [9.17, 15) is 4.39 Å². The van der Waals surface area contributed by atoms with Gasteiger partial charge in [0.1, 0.15) is 22.5 Å². The minimum Gasteiger partial charge on any atom is -0.439 e. The van der Waals surface area contributed by atoms with Crippen LogP contribution in [-0.4, -0.2) is 9.97 Å². The molecule has 0 saturated heterocycles. The van der Waals surface area contributed by atoms with E-state index in [-0.39, 0.29) is 5.02 Å². The number of hydrogen-bond donors (Lipinski definition) is 0. The van der Waals surface area contributed by atoms with E-state index in [2.05, 4.69) is 25.9 Å². The lowest BCUT2D eigenvalue weighted by molar-refractivity contribution is 0.456. The van der Waals surface area contributed by atoms with Crippen molar-refractivity contribution in [1.82, 2.24) is 9.97 Å². The Morgan fingerprint density at radius 3 is 2.75 bits per heavy atom. The molecule has 0 aliphatic carbocycles. The van der Waals surface area contributed by atoms with Gasteiger partial charge in [-0.3, -0.25) is 0 Å². The van der Waals surface area contributed by atoms with Gasteiger partial charge >= 0.3 is 0 Å². The number of nitrogens with zero attached hydrogens (tertiary/aromatic N) is 2. The lowest BCUT2D eigenvalue weighted by Gasteiger charge is -2.04. The Morgan fingerprint density at radius 1 is 1.25 bits per heavy atom. The predicted octanol–water partition coefficient (Wildman–Crippen LogP) is 3.82. The summed E-state index contributed by atoms with van der Waals surface area (Å²) in [5.41, 5.74) is 0. The van der Waals surface area contributed by atoms with Gasteiger partial charge in [-0.1, -0.05) is 11.6 Å². The Hall–Kier alpha value is -1.20. The summed E-state index contributed by atoms with van der Waals surface area (Å²) in [6, 6.07) is 5.74. The second-order valence-electron chi connectivity index (χ2n) is 2.86. The van der Waals surface area contributed by atoms with Gasteiger partial charge in [0, 0.05) is 12.1 Å². The third-order valence-electron chi connectivity index (χ3n) is 1.72. The normalized spacial score (nSPS) is 10.2. The van der Waals surface area contributed by atoms with Crippen molar-refractivity contribution in [3.8, 4) is 11.6 Å². The van der Waals surface area contributed by atoms with Gasteiger partial charge in [0.05, 0.1) is 5.02 Å². The molecule has 0 aliphatic rings. The van der Waals surface area contributed by atoms with Crippen molar-refractivity contribution in [2.75, 3.05) is 0 Å². The Labute approximate surface area is 104 Å². The SMILES string of the molecule is Fc1cc(Oc2cc(Br)ncn2)ccc1Cl. The topological polar surface area (TPSA) is 35.0 Å². The molecule has 1 aromatic heterocycles. The monoisotopic (exact) mass is 302 g/mol. The molecule has 0 atom stereocenters. The van der Waals surface area contributed by atoms with E-state index in [0.29, 0.717) is 16.2 Å². The van der Waals surface area contributed by atoms with Crippen LogP contribution in [0.1, 0.15) is 0 Å². The second-order valence-corrected chi connectivity index (χ2v) is 4.08. The highest BCUT2D eigenvalue weighted by Crippen LogP contribution is 2.24. The summed E-state index contributed by atoms with van der Waals surface area (Å²) in [4.78, 5) is 7.71. The highest BCUT2D eigenvalue weighted by Gasteiger charge is 2.04. The molecule has 0 amide bonds. The largest absolute Gasteiger partial charge is 0.439 e. The number of aromatic nitrogens is 2. The van der Waals surface area contributed by atoms with Crippen molar-refractivity contribution in [3.05, 3.63) is 46.0 Å².